The molecule has 0 atom stereocenters. The van der Waals surface area contributed by atoms with Crippen molar-refractivity contribution in [2.24, 2.45) is 0 Å². The van der Waals surface area contributed by atoms with E-state index in [1.54, 1.807) is 29.8 Å². The molecule has 0 aliphatic heterocycles. The lowest BCUT2D eigenvalue weighted by molar-refractivity contribution is 0.0946. The lowest BCUT2D eigenvalue weighted by Gasteiger charge is -2.07. The topological polar surface area (TPSA) is 101 Å². The number of carbonyl (C=O) groups is 1. The van der Waals surface area contributed by atoms with E-state index in [-0.39, 0.29) is 23.0 Å². The van der Waals surface area contributed by atoms with Crippen LogP contribution in [0.5, 0.6) is 0 Å². The quantitative estimate of drug-likeness (QED) is 0.442. The molecule has 4 rings (SSSR count). The molecule has 154 valence electrons. The predicted octanol–water partition coefficient (Wildman–Crippen LogP) is 3.47. The molecule has 7 nitrogen and oxygen atoms in total. The summed E-state index contributed by atoms with van der Waals surface area (Å²) in [6, 6.07) is 10.7. The van der Waals surface area contributed by atoms with Crippen LogP contribution in [-0.4, -0.2) is 24.3 Å². The van der Waals surface area contributed by atoms with Crippen molar-refractivity contribution in [3.8, 4) is 0 Å². The van der Waals surface area contributed by atoms with Gasteiger partial charge in [0.25, 0.3) is 5.91 Å². The highest BCUT2D eigenvalue weighted by Gasteiger charge is 2.18. The summed E-state index contributed by atoms with van der Waals surface area (Å²) in [5.74, 6) is -0.294. The second-order valence-electron chi connectivity index (χ2n) is 6.50. The first-order chi connectivity index (χ1) is 14.4. The average Bonchev–Trinajstić information content (AvgIpc) is 3.37. The Hall–Kier alpha value is -2.66. The van der Waals surface area contributed by atoms with E-state index in [1.807, 2.05) is 25.1 Å². The first-order valence-corrected chi connectivity index (χ1v) is 12.2. The number of hydrogen-bond acceptors (Lipinski definition) is 7. The van der Waals surface area contributed by atoms with Crippen LogP contribution in [0.4, 0.5) is 0 Å². The van der Waals surface area contributed by atoms with Gasteiger partial charge in [-0.05, 0) is 24.6 Å². The number of nitrogens with zero attached hydrogens (tertiary/aromatic N) is 2. The SMILES string of the molecule is Cc1ncc(CNC(=O)c2ccc(CNS(=O)(=O)c3csc4ccccc34)cn2)s1. The third kappa shape index (κ3) is 4.57. The summed E-state index contributed by atoms with van der Waals surface area (Å²) in [5, 5.41) is 6.09. The summed E-state index contributed by atoms with van der Waals surface area (Å²) in [6.45, 7) is 2.38. The van der Waals surface area contributed by atoms with Gasteiger partial charge in [-0.25, -0.2) is 18.1 Å². The molecule has 0 spiro atoms. The molecule has 3 aromatic heterocycles. The Morgan fingerprint density at radius 2 is 1.90 bits per heavy atom. The van der Waals surface area contributed by atoms with Crippen molar-refractivity contribution < 1.29 is 13.2 Å². The number of thiophene rings is 1. The van der Waals surface area contributed by atoms with E-state index in [9.17, 15) is 13.2 Å². The monoisotopic (exact) mass is 458 g/mol. The molecule has 0 aliphatic rings. The number of amides is 1. The van der Waals surface area contributed by atoms with Crippen LogP contribution in [-0.2, 0) is 23.1 Å². The van der Waals surface area contributed by atoms with E-state index in [0.29, 0.717) is 17.5 Å². The lowest BCUT2D eigenvalue weighted by Crippen LogP contribution is -2.24. The molecule has 0 bridgehead atoms. The van der Waals surface area contributed by atoms with E-state index < -0.39 is 10.0 Å². The normalized spacial score (nSPS) is 11.6. The number of pyridine rings is 1. The molecule has 2 N–H and O–H groups in total. The maximum atomic E-state index is 12.7. The van der Waals surface area contributed by atoms with E-state index in [2.05, 4.69) is 20.0 Å². The standard InChI is InChI=1S/C20H18N4O3S3/c1-13-21-10-15(29-13)11-23-20(25)17-7-6-14(8-22-17)9-24-30(26,27)19-12-28-18-5-3-2-4-16(18)19/h2-8,10,12,24H,9,11H2,1H3,(H,23,25). The van der Waals surface area contributed by atoms with Crippen LogP contribution in [0.3, 0.4) is 0 Å². The van der Waals surface area contributed by atoms with Crippen LogP contribution in [0.25, 0.3) is 10.1 Å². The highest BCUT2D eigenvalue weighted by molar-refractivity contribution is 7.89. The number of carbonyl (C=O) groups excluding carboxylic acids is 1. The van der Waals surface area contributed by atoms with Gasteiger partial charge < -0.3 is 5.32 Å². The van der Waals surface area contributed by atoms with Gasteiger partial charge in [0.2, 0.25) is 10.0 Å². The number of rotatable bonds is 7. The molecule has 0 fully saturated rings. The van der Waals surface area contributed by atoms with Crippen molar-refractivity contribution in [2.45, 2.75) is 24.9 Å². The predicted molar refractivity (Wildman–Crippen MR) is 118 cm³/mol. The average molecular weight is 459 g/mol. The van der Waals surface area contributed by atoms with Gasteiger partial charge in [-0.15, -0.1) is 22.7 Å². The maximum Gasteiger partial charge on any atom is 0.270 e. The van der Waals surface area contributed by atoms with Crippen LogP contribution in [0.15, 0.2) is 59.1 Å². The van der Waals surface area contributed by atoms with Crippen LogP contribution < -0.4 is 10.0 Å². The van der Waals surface area contributed by atoms with Crippen LogP contribution in [0.2, 0.25) is 0 Å². The number of nitrogens with one attached hydrogen (secondary N) is 2. The summed E-state index contributed by atoms with van der Waals surface area (Å²) in [6.07, 6.45) is 3.24. The Balaban J connectivity index is 1.38. The molecule has 10 heteroatoms. The molecule has 3 heterocycles. The number of fused-ring (bicyclic) bond motifs is 1. The van der Waals surface area contributed by atoms with E-state index in [0.717, 1.165) is 14.6 Å². The Kier molecular flexibility index (Phi) is 5.91. The fourth-order valence-electron chi connectivity index (χ4n) is 2.83. The first-order valence-electron chi connectivity index (χ1n) is 9.03. The lowest BCUT2D eigenvalue weighted by atomic mass is 10.2. The van der Waals surface area contributed by atoms with Gasteiger partial charge in [0.1, 0.15) is 10.6 Å². The van der Waals surface area contributed by atoms with Crippen LogP contribution >= 0.6 is 22.7 Å². The number of aryl methyl sites for hydroxylation is 1. The molecule has 0 radical (unpaired) electrons. The summed E-state index contributed by atoms with van der Waals surface area (Å²) in [7, 11) is -3.66. The summed E-state index contributed by atoms with van der Waals surface area (Å²) in [5.41, 5.74) is 0.930. The molecule has 0 unspecified atom stereocenters. The third-order valence-corrected chi connectivity index (χ3v) is 7.82. The van der Waals surface area contributed by atoms with Gasteiger partial charge in [0, 0.05) is 39.3 Å². The molecule has 4 aromatic rings. The number of benzene rings is 1. The highest BCUT2D eigenvalue weighted by atomic mass is 32.2. The minimum Gasteiger partial charge on any atom is -0.346 e. The number of hydrogen-bond donors (Lipinski definition) is 2. The van der Waals surface area contributed by atoms with Crippen molar-refractivity contribution in [3.05, 3.63) is 75.3 Å². The number of aromatic nitrogens is 2. The van der Waals surface area contributed by atoms with Gasteiger partial charge in [0.15, 0.2) is 0 Å². The van der Waals surface area contributed by atoms with Crippen LogP contribution in [0, 0.1) is 6.92 Å². The van der Waals surface area contributed by atoms with Gasteiger partial charge in [-0.1, -0.05) is 24.3 Å². The Morgan fingerprint density at radius 3 is 2.63 bits per heavy atom. The Labute approximate surface area is 181 Å². The maximum absolute atomic E-state index is 12.7. The van der Waals surface area contributed by atoms with Crippen LogP contribution in [0.1, 0.15) is 25.9 Å². The molecular formula is C20H18N4O3S3. The van der Waals surface area contributed by atoms with E-state index in [1.165, 1.54) is 28.9 Å². The van der Waals surface area contributed by atoms with Crippen molar-refractivity contribution in [1.29, 1.82) is 0 Å². The van der Waals surface area contributed by atoms with Crippen molar-refractivity contribution in [2.75, 3.05) is 0 Å². The Bertz CT molecular complexity index is 1290. The van der Waals surface area contributed by atoms with Gasteiger partial charge in [-0.3, -0.25) is 9.78 Å². The van der Waals surface area contributed by atoms with Gasteiger partial charge in [-0.2, -0.15) is 0 Å². The van der Waals surface area contributed by atoms with Gasteiger partial charge >= 0.3 is 0 Å². The smallest absolute Gasteiger partial charge is 0.270 e. The number of thiazole rings is 1. The van der Waals surface area contributed by atoms with E-state index >= 15 is 0 Å². The molecule has 0 aliphatic carbocycles. The molecule has 30 heavy (non-hydrogen) atoms. The second kappa shape index (κ2) is 8.60. The van der Waals surface area contributed by atoms with E-state index in [4.69, 9.17) is 0 Å². The summed E-state index contributed by atoms with van der Waals surface area (Å²) >= 11 is 2.92. The van der Waals surface area contributed by atoms with Gasteiger partial charge in [0.05, 0.1) is 11.6 Å². The molecule has 1 amide bonds. The fraction of sp³-hybridized carbons (Fsp3) is 0.150. The van der Waals surface area contributed by atoms with Crippen molar-refractivity contribution >= 4 is 48.7 Å². The zero-order valence-corrected chi connectivity index (χ0v) is 18.4. The molecular weight excluding hydrogens is 440 g/mol. The molecule has 0 saturated carbocycles. The summed E-state index contributed by atoms with van der Waals surface area (Å²) in [4.78, 5) is 21.8. The largest absolute Gasteiger partial charge is 0.346 e. The minimum absolute atomic E-state index is 0.0849. The zero-order valence-electron chi connectivity index (χ0n) is 16.0. The second-order valence-corrected chi connectivity index (χ2v) is 10.5. The minimum atomic E-state index is -3.66. The Morgan fingerprint density at radius 1 is 1.07 bits per heavy atom. The molecule has 0 saturated heterocycles. The first kappa shape index (κ1) is 20.6. The van der Waals surface area contributed by atoms with Crippen molar-refractivity contribution in [3.63, 3.8) is 0 Å². The highest BCUT2D eigenvalue weighted by Crippen LogP contribution is 2.29. The number of sulfonamides is 1. The zero-order chi connectivity index (χ0) is 21.1. The fourth-order valence-corrected chi connectivity index (χ4v) is 6.08. The summed E-state index contributed by atoms with van der Waals surface area (Å²) < 4.78 is 28.9. The van der Waals surface area contributed by atoms with Crippen molar-refractivity contribution in [1.82, 2.24) is 20.0 Å². The third-order valence-electron chi connectivity index (χ3n) is 4.35. The molecule has 1 aromatic carbocycles.